The zero-order chi connectivity index (χ0) is 10.4. The van der Waals surface area contributed by atoms with Gasteiger partial charge in [-0.3, -0.25) is 9.36 Å². The van der Waals surface area contributed by atoms with Gasteiger partial charge < -0.3 is 13.8 Å². The summed E-state index contributed by atoms with van der Waals surface area (Å²) in [4.78, 5) is 11.3. The molecule has 0 amide bonds. The van der Waals surface area contributed by atoms with E-state index in [1.165, 1.54) is 0 Å². The van der Waals surface area contributed by atoms with Crippen molar-refractivity contribution in [1.82, 2.24) is 0 Å². The summed E-state index contributed by atoms with van der Waals surface area (Å²) in [6.07, 6.45) is 1.11. The molecule has 0 unspecified atom stereocenters. The molecular weight excluding hydrogens is 207 g/mol. The molecule has 0 aromatic rings. The molecule has 0 N–H and O–H groups in total. The molecule has 6 heteroatoms. The van der Waals surface area contributed by atoms with Gasteiger partial charge in [0.05, 0.1) is 25.7 Å². The molecule has 0 aromatic heterocycles. The Morgan fingerprint density at radius 2 is 2.00 bits per heavy atom. The Kier molecular flexibility index (Phi) is 5.15. The maximum Gasteiger partial charge on any atom is 0.319 e. The Labute approximate surface area is 83.7 Å². The molecule has 82 valence electrons. The lowest BCUT2D eigenvalue weighted by Gasteiger charge is -2.18. The number of hydrogen-bond donors (Lipinski definition) is 0. The van der Waals surface area contributed by atoms with Crippen LogP contribution >= 0.6 is 8.25 Å². The molecule has 0 bridgehead atoms. The van der Waals surface area contributed by atoms with Crippen LogP contribution in [0.2, 0.25) is 0 Å². The number of esters is 1. The molecule has 1 saturated heterocycles. The highest BCUT2D eigenvalue weighted by molar-refractivity contribution is 7.33. The molecule has 0 saturated carbocycles. The van der Waals surface area contributed by atoms with Crippen molar-refractivity contribution in [2.45, 2.75) is 19.8 Å². The van der Waals surface area contributed by atoms with E-state index in [-0.39, 0.29) is 11.9 Å². The van der Waals surface area contributed by atoms with Gasteiger partial charge in [-0.1, -0.05) is 0 Å². The van der Waals surface area contributed by atoms with Crippen LogP contribution in [-0.2, 0) is 23.1 Å². The Balaban J connectivity index is 2.38. The first-order valence-corrected chi connectivity index (χ1v) is 5.92. The summed E-state index contributed by atoms with van der Waals surface area (Å²) in [7, 11) is -2.31. The molecule has 1 heterocycles. The van der Waals surface area contributed by atoms with Crippen LogP contribution < -0.4 is 0 Å². The van der Waals surface area contributed by atoms with E-state index in [1.54, 1.807) is 6.92 Å². The van der Waals surface area contributed by atoms with Crippen molar-refractivity contribution in [3.05, 3.63) is 0 Å². The number of hydrogen-bond acceptors (Lipinski definition) is 5. The predicted molar refractivity (Wildman–Crippen MR) is 50.3 cm³/mol. The molecule has 14 heavy (non-hydrogen) atoms. The van der Waals surface area contributed by atoms with Crippen LogP contribution in [0.1, 0.15) is 19.8 Å². The SMILES string of the molecule is CCOC(=O)C1CCO[PH](=O)OCC1. The summed E-state index contributed by atoms with van der Waals surface area (Å²) in [6.45, 7) is 2.74. The minimum Gasteiger partial charge on any atom is -0.466 e. The highest BCUT2D eigenvalue weighted by Crippen LogP contribution is 2.28. The van der Waals surface area contributed by atoms with E-state index < -0.39 is 8.25 Å². The smallest absolute Gasteiger partial charge is 0.319 e. The molecular formula is C8H15O5P. The van der Waals surface area contributed by atoms with Crippen molar-refractivity contribution in [3.63, 3.8) is 0 Å². The largest absolute Gasteiger partial charge is 0.466 e. The van der Waals surface area contributed by atoms with Crippen molar-refractivity contribution in [1.29, 1.82) is 0 Å². The molecule has 1 aliphatic rings. The monoisotopic (exact) mass is 222 g/mol. The third kappa shape index (κ3) is 3.78. The molecule has 0 aliphatic carbocycles. The summed E-state index contributed by atoms with van der Waals surface area (Å²) >= 11 is 0. The third-order valence-electron chi connectivity index (χ3n) is 1.99. The molecule has 5 nitrogen and oxygen atoms in total. The van der Waals surface area contributed by atoms with E-state index in [9.17, 15) is 9.36 Å². The maximum absolute atomic E-state index is 11.3. The first-order valence-electron chi connectivity index (χ1n) is 4.70. The number of rotatable bonds is 2. The lowest BCUT2D eigenvalue weighted by Crippen LogP contribution is -2.21. The van der Waals surface area contributed by atoms with Crippen molar-refractivity contribution >= 4 is 14.2 Å². The summed E-state index contributed by atoms with van der Waals surface area (Å²) < 4.78 is 25.5. The maximum atomic E-state index is 11.3. The van der Waals surface area contributed by atoms with Gasteiger partial charge in [0, 0.05) is 0 Å². The van der Waals surface area contributed by atoms with Crippen LogP contribution in [0.3, 0.4) is 0 Å². The van der Waals surface area contributed by atoms with Crippen LogP contribution in [0.25, 0.3) is 0 Å². The van der Waals surface area contributed by atoms with Gasteiger partial charge in [-0.15, -0.1) is 0 Å². The van der Waals surface area contributed by atoms with Crippen LogP contribution in [0.4, 0.5) is 0 Å². The normalized spacial score (nSPS) is 28.9. The van der Waals surface area contributed by atoms with E-state index in [1.807, 2.05) is 0 Å². The van der Waals surface area contributed by atoms with Crippen LogP contribution in [0.5, 0.6) is 0 Å². The van der Waals surface area contributed by atoms with E-state index in [2.05, 4.69) is 0 Å². The first-order chi connectivity index (χ1) is 6.74. The lowest BCUT2D eigenvalue weighted by atomic mass is 10.0. The molecule has 0 atom stereocenters. The molecule has 0 radical (unpaired) electrons. The van der Waals surface area contributed by atoms with E-state index in [0.717, 1.165) is 0 Å². The fraction of sp³-hybridized carbons (Fsp3) is 0.875. The van der Waals surface area contributed by atoms with Crippen molar-refractivity contribution in [3.8, 4) is 0 Å². The summed E-state index contributed by atoms with van der Waals surface area (Å²) in [5.41, 5.74) is 0. The topological polar surface area (TPSA) is 61.8 Å². The summed E-state index contributed by atoms with van der Waals surface area (Å²) in [5.74, 6) is -0.411. The average Bonchev–Trinajstić information content (AvgIpc) is 2.11. The van der Waals surface area contributed by atoms with Gasteiger partial charge in [0.25, 0.3) is 0 Å². The summed E-state index contributed by atoms with van der Waals surface area (Å²) in [6, 6.07) is 0. The quantitative estimate of drug-likeness (QED) is 0.521. The van der Waals surface area contributed by atoms with Gasteiger partial charge in [-0.25, -0.2) is 0 Å². The Bertz CT molecular complexity index is 206. The third-order valence-corrected chi connectivity index (χ3v) is 2.87. The Morgan fingerprint density at radius 3 is 2.50 bits per heavy atom. The summed E-state index contributed by atoms with van der Waals surface area (Å²) in [5, 5.41) is 0. The van der Waals surface area contributed by atoms with Crippen LogP contribution in [0, 0.1) is 5.92 Å². The highest BCUT2D eigenvalue weighted by atomic mass is 31.1. The molecule has 0 aromatic carbocycles. The molecule has 1 aliphatic heterocycles. The second-order valence-corrected chi connectivity index (χ2v) is 4.05. The minimum absolute atomic E-state index is 0.190. The standard InChI is InChI=1S/C8H15O5P/c1-2-11-8(9)7-3-5-12-14(10)13-6-4-7/h7,14H,2-6H2,1H3. The van der Waals surface area contributed by atoms with Gasteiger partial charge in [0.15, 0.2) is 0 Å². The predicted octanol–water partition coefficient (Wildman–Crippen LogP) is 1.38. The minimum atomic E-state index is -2.31. The zero-order valence-corrected chi connectivity index (χ0v) is 9.15. The van der Waals surface area contributed by atoms with Gasteiger partial charge in [-0.2, -0.15) is 0 Å². The Hall–Kier alpha value is -0.380. The van der Waals surface area contributed by atoms with Crippen LogP contribution in [-0.4, -0.2) is 25.8 Å². The van der Waals surface area contributed by atoms with Gasteiger partial charge in [-0.05, 0) is 19.8 Å². The molecule has 1 fully saturated rings. The van der Waals surface area contributed by atoms with E-state index in [4.69, 9.17) is 13.8 Å². The number of ether oxygens (including phenoxy) is 1. The fourth-order valence-electron chi connectivity index (χ4n) is 1.25. The highest BCUT2D eigenvalue weighted by Gasteiger charge is 2.22. The van der Waals surface area contributed by atoms with E-state index >= 15 is 0 Å². The average molecular weight is 222 g/mol. The first kappa shape index (κ1) is 11.7. The number of carbonyl (C=O) groups is 1. The van der Waals surface area contributed by atoms with Gasteiger partial charge in [0.1, 0.15) is 0 Å². The second kappa shape index (κ2) is 6.17. The van der Waals surface area contributed by atoms with Crippen molar-refractivity contribution in [2.75, 3.05) is 19.8 Å². The fourth-order valence-corrected chi connectivity index (χ4v) is 1.90. The molecule has 1 rings (SSSR count). The van der Waals surface area contributed by atoms with Gasteiger partial charge in [0.2, 0.25) is 0 Å². The van der Waals surface area contributed by atoms with Gasteiger partial charge >= 0.3 is 14.2 Å². The molecule has 0 spiro atoms. The van der Waals surface area contributed by atoms with E-state index in [0.29, 0.717) is 32.7 Å². The van der Waals surface area contributed by atoms with Crippen LogP contribution in [0.15, 0.2) is 0 Å². The Morgan fingerprint density at radius 1 is 1.43 bits per heavy atom. The lowest BCUT2D eigenvalue weighted by molar-refractivity contribution is -0.149. The zero-order valence-electron chi connectivity index (χ0n) is 8.15. The van der Waals surface area contributed by atoms with Crippen molar-refractivity contribution in [2.24, 2.45) is 5.92 Å². The second-order valence-electron chi connectivity index (χ2n) is 2.97. The van der Waals surface area contributed by atoms with Crippen molar-refractivity contribution < 1.29 is 23.1 Å². The number of carbonyl (C=O) groups excluding carboxylic acids is 1.